The molecule has 0 amide bonds. The number of aromatic nitrogens is 1. The third-order valence-electron chi connectivity index (χ3n) is 3.32. The molecular formula is C17H20N2O2. The van der Waals surface area contributed by atoms with Gasteiger partial charge in [-0.05, 0) is 55.7 Å². The Labute approximate surface area is 124 Å². The number of aryl methyl sites for hydroxylation is 2. The molecule has 2 aromatic rings. The molecule has 2 rings (SSSR count). The predicted octanol–water partition coefficient (Wildman–Crippen LogP) is 3.58. The van der Waals surface area contributed by atoms with Crippen molar-refractivity contribution in [1.29, 1.82) is 0 Å². The minimum Gasteiger partial charge on any atom is -0.481 e. The highest BCUT2D eigenvalue weighted by Crippen LogP contribution is 2.19. The van der Waals surface area contributed by atoms with Gasteiger partial charge in [-0.2, -0.15) is 0 Å². The number of pyridine rings is 1. The van der Waals surface area contributed by atoms with Gasteiger partial charge in [0.15, 0.2) is 0 Å². The van der Waals surface area contributed by atoms with Gasteiger partial charge in [-0.15, -0.1) is 0 Å². The van der Waals surface area contributed by atoms with Crippen molar-refractivity contribution in [2.24, 2.45) is 0 Å². The highest BCUT2D eigenvalue weighted by Gasteiger charge is 2.07. The minimum absolute atomic E-state index is 0.0969. The van der Waals surface area contributed by atoms with Gasteiger partial charge in [0, 0.05) is 18.3 Å². The molecule has 0 saturated heterocycles. The first-order valence-electron chi connectivity index (χ1n) is 7.04. The Bertz CT molecular complexity index is 626. The lowest BCUT2D eigenvalue weighted by Crippen LogP contribution is -2.09. The summed E-state index contributed by atoms with van der Waals surface area (Å²) in [5, 5.41) is 12.1. The van der Waals surface area contributed by atoms with Crippen LogP contribution in [0.25, 0.3) is 0 Å². The van der Waals surface area contributed by atoms with Gasteiger partial charge in [0.25, 0.3) is 0 Å². The molecule has 0 fully saturated rings. The van der Waals surface area contributed by atoms with Crippen molar-refractivity contribution >= 4 is 11.7 Å². The summed E-state index contributed by atoms with van der Waals surface area (Å²) in [6.07, 6.45) is 2.51. The van der Waals surface area contributed by atoms with Crippen molar-refractivity contribution in [3.8, 4) is 0 Å². The third-order valence-corrected chi connectivity index (χ3v) is 3.32. The predicted molar refractivity (Wildman–Crippen MR) is 83.4 cm³/mol. The maximum absolute atomic E-state index is 10.6. The number of carbonyl (C=O) groups is 1. The fourth-order valence-electron chi connectivity index (χ4n) is 2.19. The van der Waals surface area contributed by atoms with Crippen molar-refractivity contribution in [3.63, 3.8) is 0 Å². The highest BCUT2D eigenvalue weighted by molar-refractivity contribution is 5.67. The first-order valence-corrected chi connectivity index (χ1v) is 7.04. The van der Waals surface area contributed by atoms with E-state index < -0.39 is 5.97 Å². The standard InChI is InChI=1S/C17H20N2O2/c1-12-8-9-18-16(10-12)13(2)19-15-5-3-4-14(11-15)6-7-17(20)21/h3-5,8-11,13,19H,6-7H2,1-2H3,(H,20,21). The molecule has 1 aromatic carbocycles. The molecule has 1 unspecified atom stereocenters. The van der Waals surface area contributed by atoms with E-state index in [4.69, 9.17) is 5.11 Å². The van der Waals surface area contributed by atoms with Gasteiger partial charge in [0.2, 0.25) is 0 Å². The zero-order valence-electron chi connectivity index (χ0n) is 12.3. The Morgan fingerprint density at radius 2 is 2.14 bits per heavy atom. The number of rotatable bonds is 6. The number of nitrogens with zero attached hydrogens (tertiary/aromatic N) is 1. The van der Waals surface area contributed by atoms with Gasteiger partial charge in [-0.3, -0.25) is 9.78 Å². The van der Waals surface area contributed by atoms with Crippen molar-refractivity contribution in [1.82, 2.24) is 4.98 Å². The molecule has 0 aliphatic carbocycles. The number of benzene rings is 1. The SMILES string of the molecule is Cc1ccnc(C(C)Nc2cccc(CCC(=O)O)c2)c1. The third kappa shape index (κ3) is 4.60. The summed E-state index contributed by atoms with van der Waals surface area (Å²) in [6, 6.07) is 12.0. The van der Waals surface area contributed by atoms with Crippen molar-refractivity contribution in [2.75, 3.05) is 5.32 Å². The van der Waals surface area contributed by atoms with E-state index in [0.717, 1.165) is 16.9 Å². The van der Waals surface area contributed by atoms with E-state index in [0.29, 0.717) is 6.42 Å². The van der Waals surface area contributed by atoms with Crippen LogP contribution in [0, 0.1) is 6.92 Å². The first kappa shape index (κ1) is 15.0. The monoisotopic (exact) mass is 284 g/mol. The molecule has 1 heterocycles. The van der Waals surface area contributed by atoms with Crippen LogP contribution < -0.4 is 5.32 Å². The van der Waals surface area contributed by atoms with E-state index in [1.54, 1.807) is 0 Å². The Balaban J connectivity index is 2.05. The molecular weight excluding hydrogens is 264 g/mol. The van der Waals surface area contributed by atoms with Crippen LogP contribution in [-0.4, -0.2) is 16.1 Å². The second-order valence-corrected chi connectivity index (χ2v) is 5.22. The molecule has 0 bridgehead atoms. The van der Waals surface area contributed by atoms with Gasteiger partial charge in [-0.25, -0.2) is 0 Å². The number of carboxylic acids is 1. The van der Waals surface area contributed by atoms with Gasteiger partial charge in [0.1, 0.15) is 0 Å². The number of aliphatic carboxylic acids is 1. The fraction of sp³-hybridized carbons (Fsp3) is 0.294. The summed E-state index contributed by atoms with van der Waals surface area (Å²) in [7, 11) is 0. The van der Waals surface area contributed by atoms with Crippen LogP contribution in [0.2, 0.25) is 0 Å². The zero-order valence-corrected chi connectivity index (χ0v) is 12.3. The normalized spacial score (nSPS) is 11.9. The lowest BCUT2D eigenvalue weighted by molar-refractivity contribution is -0.136. The highest BCUT2D eigenvalue weighted by atomic mass is 16.4. The van der Waals surface area contributed by atoms with Crippen molar-refractivity contribution in [3.05, 3.63) is 59.4 Å². The fourth-order valence-corrected chi connectivity index (χ4v) is 2.19. The summed E-state index contributed by atoms with van der Waals surface area (Å²) >= 11 is 0. The van der Waals surface area contributed by atoms with E-state index in [9.17, 15) is 4.79 Å². The molecule has 4 nitrogen and oxygen atoms in total. The molecule has 0 aliphatic heterocycles. The zero-order chi connectivity index (χ0) is 15.2. The first-order chi connectivity index (χ1) is 10.0. The summed E-state index contributed by atoms with van der Waals surface area (Å²) in [6.45, 7) is 4.11. The quantitative estimate of drug-likeness (QED) is 0.851. The largest absolute Gasteiger partial charge is 0.481 e. The average molecular weight is 284 g/mol. The Morgan fingerprint density at radius 1 is 1.33 bits per heavy atom. The number of hydrogen-bond acceptors (Lipinski definition) is 3. The van der Waals surface area contributed by atoms with E-state index in [1.165, 1.54) is 5.56 Å². The molecule has 0 saturated carbocycles. The van der Waals surface area contributed by atoms with E-state index >= 15 is 0 Å². The Morgan fingerprint density at radius 3 is 2.86 bits per heavy atom. The minimum atomic E-state index is -0.773. The van der Waals surface area contributed by atoms with Crippen LogP contribution in [-0.2, 0) is 11.2 Å². The lowest BCUT2D eigenvalue weighted by atomic mass is 10.1. The van der Waals surface area contributed by atoms with E-state index in [1.807, 2.05) is 43.5 Å². The molecule has 110 valence electrons. The number of carboxylic acid groups (broad SMARTS) is 1. The molecule has 4 heteroatoms. The number of nitrogens with one attached hydrogen (secondary N) is 1. The summed E-state index contributed by atoms with van der Waals surface area (Å²) < 4.78 is 0. The lowest BCUT2D eigenvalue weighted by Gasteiger charge is -2.16. The van der Waals surface area contributed by atoms with Crippen molar-refractivity contribution < 1.29 is 9.90 Å². The van der Waals surface area contributed by atoms with Crippen LogP contribution in [0.1, 0.15) is 36.2 Å². The Kier molecular flexibility index (Phi) is 4.93. The number of anilines is 1. The molecule has 21 heavy (non-hydrogen) atoms. The van der Waals surface area contributed by atoms with Gasteiger partial charge in [-0.1, -0.05) is 12.1 Å². The molecule has 0 radical (unpaired) electrons. The van der Waals surface area contributed by atoms with Crippen LogP contribution in [0.15, 0.2) is 42.6 Å². The smallest absolute Gasteiger partial charge is 0.303 e. The van der Waals surface area contributed by atoms with Crippen LogP contribution >= 0.6 is 0 Å². The summed E-state index contributed by atoms with van der Waals surface area (Å²) in [5.74, 6) is -0.773. The van der Waals surface area contributed by atoms with Gasteiger partial charge in [0.05, 0.1) is 11.7 Å². The van der Waals surface area contributed by atoms with E-state index in [2.05, 4.69) is 23.3 Å². The van der Waals surface area contributed by atoms with Crippen LogP contribution in [0.4, 0.5) is 5.69 Å². The van der Waals surface area contributed by atoms with Crippen molar-refractivity contribution in [2.45, 2.75) is 32.7 Å². The van der Waals surface area contributed by atoms with Crippen LogP contribution in [0.3, 0.4) is 0 Å². The molecule has 0 spiro atoms. The van der Waals surface area contributed by atoms with Crippen LogP contribution in [0.5, 0.6) is 0 Å². The van der Waals surface area contributed by atoms with E-state index in [-0.39, 0.29) is 12.5 Å². The molecule has 1 atom stereocenters. The molecule has 2 N–H and O–H groups in total. The summed E-state index contributed by atoms with van der Waals surface area (Å²) in [4.78, 5) is 15.0. The average Bonchev–Trinajstić information content (AvgIpc) is 2.45. The molecule has 1 aromatic heterocycles. The Hall–Kier alpha value is -2.36. The summed E-state index contributed by atoms with van der Waals surface area (Å²) in [5.41, 5.74) is 4.18. The second-order valence-electron chi connectivity index (χ2n) is 5.22. The van der Waals surface area contributed by atoms with Gasteiger partial charge < -0.3 is 10.4 Å². The second kappa shape index (κ2) is 6.88. The maximum atomic E-state index is 10.6. The number of hydrogen-bond donors (Lipinski definition) is 2. The topological polar surface area (TPSA) is 62.2 Å². The maximum Gasteiger partial charge on any atom is 0.303 e. The molecule has 0 aliphatic rings. The van der Waals surface area contributed by atoms with Gasteiger partial charge >= 0.3 is 5.97 Å².